The minimum absolute atomic E-state index is 0.231. The van der Waals surface area contributed by atoms with Gasteiger partial charge in [0.05, 0.1) is 0 Å². The van der Waals surface area contributed by atoms with Crippen molar-refractivity contribution in [3.05, 3.63) is 53.1 Å². The van der Waals surface area contributed by atoms with Crippen molar-refractivity contribution in [3.8, 4) is 5.75 Å². The summed E-state index contributed by atoms with van der Waals surface area (Å²) in [5.74, 6) is -13.6. The minimum Gasteiger partial charge on any atom is -0.420 e. The van der Waals surface area contributed by atoms with Gasteiger partial charge in [-0.25, -0.2) is 13.2 Å². The third-order valence-corrected chi connectivity index (χ3v) is 2.89. The van der Waals surface area contributed by atoms with Gasteiger partial charge in [0.25, 0.3) is 0 Å². The van der Waals surface area contributed by atoms with Crippen molar-refractivity contribution in [2.75, 3.05) is 0 Å². The molecule has 0 unspecified atom stereocenters. The van der Waals surface area contributed by atoms with Crippen molar-refractivity contribution in [3.63, 3.8) is 0 Å². The molecule has 118 valence electrons. The summed E-state index contributed by atoms with van der Waals surface area (Å²) in [6.07, 6.45) is 3.95. The topological polar surface area (TPSA) is 42.1 Å². The van der Waals surface area contributed by atoms with Crippen LogP contribution >= 0.6 is 0 Å². The molecule has 0 radical (unpaired) electrons. The molecule has 3 nitrogen and oxygen atoms in total. The van der Waals surface area contributed by atoms with Crippen molar-refractivity contribution >= 4 is 5.97 Å². The summed E-state index contributed by atoms with van der Waals surface area (Å²) in [5.41, 5.74) is 0.907. The number of esters is 1. The molecule has 0 aliphatic heterocycles. The molecule has 1 N–H and O–H groups in total. The molecule has 0 bridgehead atoms. The van der Waals surface area contributed by atoms with Gasteiger partial charge in [-0.3, -0.25) is 4.79 Å². The van der Waals surface area contributed by atoms with Crippen LogP contribution < -0.4 is 4.74 Å². The molecule has 2 rings (SSSR count). The van der Waals surface area contributed by atoms with E-state index in [1.807, 2.05) is 0 Å². The molecule has 0 spiro atoms. The number of aromatic nitrogens is 1. The van der Waals surface area contributed by atoms with Crippen LogP contribution in [0.3, 0.4) is 0 Å². The Morgan fingerprint density at radius 2 is 1.59 bits per heavy atom. The van der Waals surface area contributed by atoms with E-state index < -0.39 is 40.8 Å². The highest BCUT2D eigenvalue weighted by Gasteiger charge is 2.28. The average Bonchev–Trinajstić information content (AvgIpc) is 3.01. The second-order valence-corrected chi connectivity index (χ2v) is 4.45. The Balaban J connectivity index is 2.02. The molecule has 1 heterocycles. The third kappa shape index (κ3) is 3.26. The Labute approximate surface area is 121 Å². The van der Waals surface area contributed by atoms with Crippen LogP contribution in [0.1, 0.15) is 18.4 Å². The summed E-state index contributed by atoms with van der Waals surface area (Å²) in [5, 5.41) is 0. The highest BCUT2D eigenvalue weighted by molar-refractivity contribution is 5.72. The molecular weight excluding hydrogens is 309 g/mol. The molecular formula is C14H10F5NO2. The summed E-state index contributed by atoms with van der Waals surface area (Å²) < 4.78 is 69.6. The lowest BCUT2D eigenvalue weighted by atomic mass is 10.1. The number of halogens is 5. The Bertz CT molecular complexity index is 656. The number of hydrogen-bond donors (Lipinski definition) is 1. The van der Waals surface area contributed by atoms with E-state index in [1.54, 1.807) is 18.5 Å². The molecule has 8 heteroatoms. The summed E-state index contributed by atoms with van der Waals surface area (Å²) in [4.78, 5) is 14.3. The fourth-order valence-corrected chi connectivity index (χ4v) is 1.79. The smallest absolute Gasteiger partial charge is 0.311 e. The monoisotopic (exact) mass is 319 g/mol. The van der Waals surface area contributed by atoms with Crippen molar-refractivity contribution in [1.29, 1.82) is 0 Å². The van der Waals surface area contributed by atoms with Gasteiger partial charge in [-0.1, -0.05) is 0 Å². The predicted molar refractivity (Wildman–Crippen MR) is 65.6 cm³/mol. The first-order valence-corrected chi connectivity index (χ1v) is 6.25. The van der Waals surface area contributed by atoms with E-state index in [-0.39, 0.29) is 6.42 Å². The van der Waals surface area contributed by atoms with Crippen LogP contribution in [-0.2, 0) is 11.2 Å². The third-order valence-electron chi connectivity index (χ3n) is 2.89. The SMILES string of the molecule is O=C(CCCc1cc[nH]c1)Oc1c(F)c(F)c(F)c(F)c1F. The lowest BCUT2D eigenvalue weighted by Crippen LogP contribution is -2.13. The van der Waals surface area contributed by atoms with Gasteiger partial charge >= 0.3 is 5.97 Å². The highest BCUT2D eigenvalue weighted by atomic mass is 19.2. The zero-order valence-corrected chi connectivity index (χ0v) is 11.1. The number of carbonyl (C=O) groups excluding carboxylic acids is 1. The summed E-state index contributed by atoms with van der Waals surface area (Å²) in [7, 11) is 0. The molecule has 1 aromatic carbocycles. The van der Waals surface area contributed by atoms with Crippen LogP contribution in [0.4, 0.5) is 22.0 Å². The zero-order valence-electron chi connectivity index (χ0n) is 11.1. The average molecular weight is 319 g/mol. The summed E-state index contributed by atoms with van der Waals surface area (Å²) >= 11 is 0. The highest BCUT2D eigenvalue weighted by Crippen LogP contribution is 2.29. The number of nitrogens with one attached hydrogen (secondary N) is 1. The Kier molecular flexibility index (Phi) is 4.79. The Hall–Kier alpha value is -2.38. The van der Waals surface area contributed by atoms with Gasteiger partial charge in [0.1, 0.15) is 0 Å². The molecule has 0 atom stereocenters. The second-order valence-electron chi connectivity index (χ2n) is 4.45. The van der Waals surface area contributed by atoms with Crippen molar-refractivity contribution in [2.45, 2.75) is 19.3 Å². The zero-order chi connectivity index (χ0) is 16.3. The quantitative estimate of drug-likeness (QED) is 0.301. The van der Waals surface area contributed by atoms with Crippen molar-refractivity contribution < 1.29 is 31.5 Å². The van der Waals surface area contributed by atoms with Gasteiger partial charge in [0.2, 0.25) is 34.8 Å². The van der Waals surface area contributed by atoms with Gasteiger partial charge in [-0.15, -0.1) is 0 Å². The molecule has 0 saturated heterocycles. The largest absolute Gasteiger partial charge is 0.420 e. The van der Waals surface area contributed by atoms with Gasteiger partial charge in [-0.05, 0) is 24.5 Å². The van der Waals surface area contributed by atoms with E-state index >= 15 is 0 Å². The number of hydrogen-bond acceptors (Lipinski definition) is 2. The predicted octanol–water partition coefficient (Wildman–Crippen LogP) is 3.64. The fourth-order valence-electron chi connectivity index (χ4n) is 1.79. The molecule has 0 aliphatic carbocycles. The minimum atomic E-state index is -2.30. The normalized spacial score (nSPS) is 10.8. The number of ether oxygens (including phenoxy) is 1. The number of rotatable bonds is 5. The van der Waals surface area contributed by atoms with Crippen LogP contribution in [0.25, 0.3) is 0 Å². The maximum atomic E-state index is 13.3. The van der Waals surface area contributed by atoms with Crippen LogP contribution in [0.15, 0.2) is 18.5 Å². The van der Waals surface area contributed by atoms with E-state index in [1.165, 1.54) is 0 Å². The molecule has 1 aromatic heterocycles. The molecule has 0 saturated carbocycles. The van der Waals surface area contributed by atoms with Crippen LogP contribution in [0.5, 0.6) is 5.75 Å². The Morgan fingerprint density at radius 1 is 1.00 bits per heavy atom. The van der Waals surface area contributed by atoms with E-state index in [2.05, 4.69) is 9.72 Å². The van der Waals surface area contributed by atoms with Crippen molar-refractivity contribution in [2.24, 2.45) is 0 Å². The van der Waals surface area contributed by atoms with E-state index in [0.717, 1.165) is 5.56 Å². The summed E-state index contributed by atoms with van der Waals surface area (Å²) in [6.45, 7) is 0. The molecule has 22 heavy (non-hydrogen) atoms. The van der Waals surface area contributed by atoms with E-state index in [4.69, 9.17) is 0 Å². The number of benzene rings is 1. The molecule has 0 aliphatic rings. The van der Waals surface area contributed by atoms with E-state index in [0.29, 0.717) is 12.8 Å². The first kappa shape index (κ1) is 16.0. The molecule has 0 amide bonds. The first-order chi connectivity index (χ1) is 10.4. The van der Waals surface area contributed by atoms with Crippen LogP contribution in [0.2, 0.25) is 0 Å². The van der Waals surface area contributed by atoms with Crippen molar-refractivity contribution in [1.82, 2.24) is 4.98 Å². The number of aromatic amines is 1. The standard InChI is InChI=1S/C14H10F5NO2/c15-9-10(16)12(18)14(13(19)11(9)17)22-8(21)3-1-2-7-4-5-20-6-7/h4-6,20H,1-3H2. The second kappa shape index (κ2) is 6.59. The van der Waals surface area contributed by atoms with Gasteiger partial charge in [-0.2, -0.15) is 8.78 Å². The van der Waals surface area contributed by atoms with E-state index in [9.17, 15) is 26.7 Å². The van der Waals surface area contributed by atoms with Gasteiger partial charge < -0.3 is 9.72 Å². The molecule has 0 fully saturated rings. The number of aryl methyl sites for hydroxylation is 1. The van der Waals surface area contributed by atoms with Crippen LogP contribution in [0, 0.1) is 29.1 Å². The van der Waals surface area contributed by atoms with Gasteiger partial charge in [0.15, 0.2) is 0 Å². The van der Waals surface area contributed by atoms with Gasteiger partial charge in [0, 0.05) is 18.8 Å². The fraction of sp³-hybridized carbons (Fsp3) is 0.214. The maximum Gasteiger partial charge on any atom is 0.311 e. The molecule has 2 aromatic rings. The lowest BCUT2D eigenvalue weighted by Gasteiger charge is -2.08. The maximum absolute atomic E-state index is 13.3. The summed E-state index contributed by atoms with van der Waals surface area (Å²) in [6, 6.07) is 1.77. The number of H-pyrrole nitrogens is 1. The number of carbonyl (C=O) groups is 1. The Morgan fingerprint density at radius 3 is 2.14 bits per heavy atom. The lowest BCUT2D eigenvalue weighted by molar-refractivity contribution is -0.134. The van der Waals surface area contributed by atoms with Crippen LogP contribution in [-0.4, -0.2) is 11.0 Å². The first-order valence-electron chi connectivity index (χ1n) is 6.25.